The molecule has 0 N–H and O–H groups in total. The second-order valence-electron chi connectivity index (χ2n) is 16.0. The molecule has 2 unspecified atom stereocenters. The smallest absolute Gasteiger partial charge is 0.202 e. The van der Waals surface area contributed by atoms with Gasteiger partial charge in [0.05, 0.1) is 34.0 Å². The number of nitrogens with zero attached hydrogens (tertiary/aromatic N) is 1. The molecule has 2 atom stereocenters. The molecule has 2 aromatic rings. The SMILES string of the molecule is CC(C)c1c2c(c3c([n+]1[O-])CC(C)(C)CC3O[Si](C)(C)C(C)(C)C)C1(CCOCC1)OC2c1ccc(S(C)(F)(F)(F)F)cc1. The fourth-order valence-corrected chi connectivity index (χ4v) is 9.08. The Bertz CT molecular complexity index is 1460. The van der Waals surface area contributed by atoms with Crippen LogP contribution >= 0.6 is 9.84 Å². The lowest BCUT2D eigenvalue weighted by molar-refractivity contribution is -0.626. The second kappa shape index (κ2) is 9.68. The number of rotatable bonds is 5. The molecule has 0 amide bonds. The Morgan fingerprint density at radius 3 is 2.09 bits per heavy atom. The van der Waals surface area contributed by atoms with Gasteiger partial charge in [-0.2, -0.15) is 4.73 Å². The van der Waals surface area contributed by atoms with Crippen molar-refractivity contribution in [2.24, 2.45) is 5.41 Å². The number of hydrogen-bond donors (Lipinski definition) is 0. The number of hydrogen-bond acceptors (Lipinski definition) is 4. The summed E-state index contributed by atoms with van der Waals surface area (Å²) in [6, 6.07) is 4.21. The monoisotopic (exact) mass is 659 g/mol. The van der Waals surface area contributed by atoms with Gasteiger partial charge in [-0.3, -0.25) is 0 Å². The van der Waals surface area contributed by atoms with Crippen LogP contribution in [0.5, 0.6) is 0 Å². The molecule has 248 valence electrons. The predicted octanol–water partition coefficient (Wildman–Crippen LogP) is 10.0. The fourth-order valence-electron chi connectivity index (χ4n) is 6.99. The Morgan fingerprint density at radius 1 is 1.02 bits per heavy atom. The van der Waals surface area contributed by atoms with E-state index in [1.54, 1.807) is 0 Å². The highest BCUT2D eigenvalue weighted by Gasteiger charge is 2.60. The molecule has 1 aromatic heterocycles. The van der Waals surface area contributed by atoms with Gasteiger partial charge in [-0.25, -0.2) is 0 Å². The van der Waals surface area contributed by atoms with E-state index < -0.39 is 34.8 Å². The third-order valence-electron chi connectivity index (χ3n) is 10.2. The van der Waals surface area contributed by atoms with Gasteiger partial charge in [0.1, 0.15) is 6.10 Å². The van der Waals surface area contributed by atoms with Gasteiger partial charge in [0.2, 0.25) is 5.69 Å². The van der Waals surface area contributed by atoms with E-state index in [-0.39, 0.29) is 28.7 Å². The first kappa shape index (κ1) is 33.7. The van der Waals surface area contributed by atoms with E-state index in [4.69, 9.17) is 13.9 Å². The van der Waals surface area contributed by atoms with Crippen molar-refractivity contribution in [3.8, 4) is 0 Å². The highest BCUT2D eigenvalue weighted by molar-refractivity contribution is 8.49. The third kappa shape index (κ3) is 5.85. The lowest BCUT2D eigenvalue weighted by atomic mass is 9.69. The third-order valence-corrected chi connectivity index (χ3v) is 16.2. The fraction of sp³-hybridized carbons (Fsp3) is 0.667. The van der Waals surface area contributed by atoms with E-state index in [1.807, 2.05) is 13.8 Å². The Morgan fingerprint density at radius 2 is 1.59 bits per heavy atom. The van der Waals surface area contributed by atoms with Gasteiger partial charge in [-0.15, -0.1) is 15.5 Å². The first-order valence-electron chi connectivity index (χ1n) is 15.6. The van der Waals surface area contributed by atoms with E-state index in [0.717, 1.165) is 40.0 Å². The summed E-state index contributed by atoms with van der Waals surface area (Å²) in [4.78, 5) is -1.29. The minimum absolute atomic E-state index is 0.0634. The van der Waals surface area contributed by atoms with Gasteiger partial charge < -0.3 is 19.1 Å². The molecule has 3 aliphatic rings. The highest BCUT2D eigenvalue weighted by Crippen LogP contribution is 2.98. The summed E-state index contributed by atoms with van der Waals surface area (Å²) in [5.41, 5.74) is 3.31. The number of halogens is 4. The molecular formula is C33H49F4NO4SSi. The van der Waals surface area contributed by atoms with Crippen molar-refractivity contribution >= 4 is 18.2 Å². The van der Waals surface area contributed by atoms with Crippen LogP contribution in [0, 0.1) is 10.6 Å². The molecule has 1 aliphatic carbocycles. The molecule has 1 spiro atoms. The van der Waals surface area contributed by atoms with E-state index >= 15 is 0 Å². The van der Waals surface area contributed by atoms with Crippen molar-refractivity contribution in [2.75, 3.05) is 19.5 Å². The van der Waals surface area contributed by atoms with E-state index in [2.05, 4.69) is 47.7 Å². The molecule has 2 aliphatic heterocycles. The van der Waals surface area contributed by atoms with E-state index in [0.29, 0.717) is 49.4 Å². The summed E-state index contributed by atoms with van der Waals surface area (Å²) in [5, 5.41) is 14.5. The molecule has 0 bridgehead atoms. The van der Waals surface area contributed by atoms with E-state index in [1.165, 1.54) is 12.1 Å². The standard InChI is InChI=1S/C33H49F4NO4SSi/c1-21(2)29-27-28(26-24(38(29)39)19-32(6,7)20-25(26)42-44(9,10)31(3,4)5)33(15-17-40-18-16-33)41-30(27)22-11-13-23(14-12-22)43(8,34,35,36)37/h11-14,21,25,30H,15-20H2,1-10H3. The first-order valence-corrected chi connectivity index (χ1v) is 21.0. The zero-order valence-electron chi connectivity index (χ0n) is 27.8. The zero-order valence-corrected chi connectivity index (χ0v) is 29.6. The number of ether oxygens (including phenoxy) is 2. The van der Waals surface area contributed by atoms with Crippen molar-refractivity contribution in [1.82, 2.24) is 0 Å². The van der Waals surface area contributed by atoms with Gasteiger partial charge >= 0.3 is 0 Å². The topological polar surface area (TPSA) is 54.6 Å². The number of fused-ring (bicyclic) bond motifs is 4. The Balaban J connectivity index is 1.81. The van der Waals surface area contributed by atoms with Crippen LogP contribution in [0.1, 0.15) is 119 Å². The van der Waals surface area contributed by atoms with Crippen LogP contribution in [0.4, 0.5) is 15.5 Å². The molecule has 1 aromatic carbocycles. The summed E-state index contributed by atoms with van der Waals surface area (Å²) >= 11 is 0. The van der Waals surface area contributed by atoms with E-state index in [9.17, 15) is 20.8 Å². The zero-order chi connectivity index (χ0) is 33.0. The molecule has 3 heterocycles. The molecule has 0 radical (unpaired) electrons. The van der Waals surface area contributed by atoms with Crippen molar-refractivity contribution in [1.29, 1.82) is 0 Å². The maximum absolute atomic E-state index is 14.5. The van der Waals surface area contributed by atoms with Crippen LogP contribution in [0.15, 0.2) is 29.2 Å². The molecule has 0 saturated carbocycles. The summed E-state index contributed by atoms with van der Waals surface area (Å²) in [7, 11) is -10.7. The van der Waals surface area contributed by atoms with Crippen LogP contribution < -0.4 is 4.73 Å². The van der Waals surface area contributed by atoms with Gasteiger partial charge in [0, 0.05) is 44.0 Å². The first-order chi connectivity index (χ1) is 19.8. The molecule has 1 fully saturated rings. The van der Waals surface area contributed by atoms with Crippen molar-refractivity contribution in [3.05, 3.63) is 63.1 Å². The van der Waals surface area contributed by atoms with Gasteiger partial charge in [-0.1, -0.05) is 60.6 Å². The molecule has 44 heavy (non-hydrogen) atoms. The Hall–Kier alpha value is -1.66. The molecule has 11 heteroatoms. The van der Waals surface area contributed by atoms with Crippen LogP contribution in [0.25, 0.3) is 0 Å². The molecule has 5 rings (SSSR count). The number of pyridine rings is 1. The maximum Gasteiger partial charge on any atom is 0.202 e. The Labute approximate surface area is 260 Å². The summed E-state index contributed by atoms with van der Waals surface area (Å²) in [6.45, 7) is 20.2. The Kier molecular flexibility index (Phi) is 7.42. The van der Waals surface area contributed by atoms with Crippen molar-refractivity contribution in [2.45, 2.75) is 121 Å². The molecule has 1 saturated heterocycles. The van der Waals surface area contributed by atoms with Gasteiger partial charge in [0.15, 0.2) is 23.8 Å². The van der Waals surface area contributed by atoms with Gasteiger partial charge in [0.25, 0.3) is 0 Å². The van der Waals surface area contributed by atoms with Crippen LogP contribution in [-0.4, -0.2) is 27.8 Å². The van der Waals surface area contributed by atoms with Gasteiger partial charge in [-0.05, 0) is 47.7 Å². The van der Waals surface area contributed by atoms with Crippen molar-refractivity contribution in [3.63, 3.8) is 0 Å². The minimum atomic E-state index is -8.37. The largest absolute Gasteiger partial charge is 0.618 e. The number of benzene rings is 1. The summed E-state index contributed by atoms with van der Waals surface area (Å²) in [5.74, 6) is -0.189. The lowest BCUT2D eigenvalue weighted by Crippen LogP contribution is -2.49. The average molecular weight is 660 g/mol. The average Bonchev–Trinajstić information content (AvgIpc) is 3.15. The quantitative estimate of drug-likeness (QED) is 0.139. The maximum atomic E-state index is 14.5. The number of aromatic nitrogens is 1. The normalized spacial score (nSPS) is 25.0. The second-order valence-corrected chi connectivity index (χ2v) is 24.2. The van der Waals surface area contributed by atoms with Crippen LogP contribution in [0.2, 0.25) is 18.1 Å². The van der Waals surface area contributed by atoms with Crippen molar-refractivity contribution < 1.29 is 34.2 Å². The summed E-state index contributed by atoms with van der Waals surface area (Å²) in [6.07, 6.45) is 1.01. The minimum Gasteiger partial charge on any atom is -0.618 e. The predicted molar refractivity (Wildman–Crippen MR) is 170 cm³/mol. The molecule has 5 nitrogen and oxygen atoms in total. The van der Waals surface area contributed by atoms with Crippen LogP contribution in [0.3, 0.4) is 0 Å². The summed E-state index contributed by atoms with van der Waals surface area (Å²) < 4.78 is 78.2. The molecular weight excluding hydrogens is 611 g/mol. The highest BCUT2D eigenvalue weighted by atomic mass is 32.5. The van der Waals surface area contributed by atoms with Crippen LogP contribution in [-0.2, 0) is 25.9 Å². The lowest BCUT2D eigenvalue weighted by Gasteiger charge is -2.46.